The summed E-state index contributed by atoms with van der Waals surface area (Å²) in [5, 5.41) is 0. The van der Waals surface area contributed by atoms with Crippen molar-refractivity contribution in [3.8, 4) is 12.3 Å². The van der Waals surface area contributed by atoms with Crippen molar-refractivity contribution in [3.05, 3.63) is 6.42 Å². The first-order chi connectivity index (χ1) is 4.84. The van der Waals surface area contributed by atoms with Gasteiger partial charge in [-0.25, -0.2) is 0 Å². The summed E-state index contributed by atoms with van der Waals surface area (Å²) in [6.07, 6.45) is 9.09. The number of hydrogen-bond acceptors (Lipinski definition) is 1. The van der Waals surface area contributed by atoms with Crippen LogP contribution in [0, 0.1) is 18.8 Å². The number of amides is 1. The van der Waals surface area contributed by atoms with Gasteiger partial charge >= 0.3 is 0 Å². The molecule has 0 aliphatic carbocycles. The molecule has 2 nitrogen and oxygen atoms in total. The van der Waals surface area contributed by atoms with E-state index in [2.05, 4.69) is 12.3 Å². The standard InChI is InChI=1S/C8H10NO/c1-2-8(10)9-6-4-3-5-7-9/h1,3H,4-7H2. The zero-order chi connectivity index (χ0) is 7.40. The molecule has 0 aromatic carbocycles. The first-order valence-electron chi connectivity index (χ1n) is 3.42. The molecule has 0 saturated carbocycles. The molecule has 0 unspecified atom stereocenters. The highest BCUT2D eigenvalue weighted by Crippen LogP contribution is 2.06. The van der Waals surface area contributed by atoms with Gasteiger partial charge in [0.2, 0.25) is 0 Å². The van der Waals surface area contributed by atoms with Crippen LogP contribution in [0.2, 0.25) is 0 Å². The highest BCUT2D eigenvalue weighted by Gasteiger charge is 2.13. The third-order valence-electron chi connectivity index (χ3n) is 1.62. The van der Waals surface area contributed by atoms with Crippen molar-refractivity contribution in [1.82, 2.24) is 4.90 Å². The van der Waals surface area contributed by atoms with Crippen molar-refractivity contribution in [2.24, 2.45) is 0 Å². The van der Waals surface area contributed by atoms with E-state index in [1.165, 1.54) is 0 Å². The summed E-state index contributed by atoms with van der Waals surface area (Å²) >= 11 is 0. The van der Waals surface area contributed by atoms with Crippen LogP contribution in [-0.2, 0) is 4.79 Å². The van der Waals surface area contributed by atoms with Crippen LogP contribution in [0.3, 0.4) is 0 Å². The molecular weight excluding hydrogens is 126 g/mol. The van der Waals surface area contributed by atoms with E-state index in [1.54, 1.807) is 4.90 Å². The molecule has 53 valence electrons. The number of terminal acetylenes is 1. The maximum Gasteiger partial charge on any atom is 0.298 e. The third kappa shape index (κ3) is 1.51. The Morgan fingerprint density at radius 3 is 2.60 bits per heavy atom. The Hall–Kier alpha value is -0.970. The fourth-order valence-electron chi connectivity index (χ4n) is 1.04. The van der Waals surface area contributed by atoms with Crippen LogP contribution in [-0.4, -0.2) is 23.9 Å². The van der Waals surface area contributed by atoms with Crippen molar-refractivity contribution >= 4 is 5.91 Å². The average molecular weight is 136 g/mol. The van der Waals surface area contributed by atoms with E-state index >= 15 is 0 Å². The average Bonchev–Trinajstić information content (AvgIpc) is 2.05. The summed E-state index contributed by atoms with van der Waals surface area (Å²) in [4.78, 5) is 12.6. The fraction of sp³-hybridized carbons (Fsp3) is 0.500. The third-order valence-corrected chi connectivity index (χ3v) is 1.62. The molecule has 2 heteroatoms. The second-order valence-electron chi connectivity index (χ2n) is 2.30. The monoisotopic (exact) mass is 136 g/mol. The Morgan fingerprint density at radius 1 is 1.50 bits per heavy atom. The van der Waals surface area contributed by atoms with Gasteiger partial charge < -0.3 is 4.90 Å². The van der Waals surface area contributed by atoms with Crippen LogP contribution < -0.4 is 0 Å². The van der Waals surface area contributed by atoms with E-state index in [0.29, 0.717) is 0 Å². The smallest absolute Gasteiger partial charge is 0.298 e. The van der Waals surface area contributed by atoms with E-state index < -0.39 is 0 Å². The summed E-state index contributed by atoms with van der Waals surface area (Å²) in [6.45, 7) is 1.59. The molecule has 0 N–H and O–H groups in total. The van der Waals surface area contributed by atoms with Crippen molar-refractivity contribution in [2.45, 2.75) is 12.8 Å². The van der Waals surface area contributed by atoms with E-state index in [1.807, 2.05) is 0 Å². The first kappa shape index (κ1) is 7.14. The van der Waals surface area contributed by atoms with Gasteiger partial charge in [-0.2, -0.15) is 0 Å². The van der Waals surface area contributed by atoms with Gasteiger partial charge in [-0.15, -0.1) is 6.42 Å². The minimum Gasteiger partial charge on any atom is -0.332 e. The topological polar surface area (TPSA) is 20.3 Å². The largest absolute Gasteiger partial charge is 0.332 e. The first-order valence-corrected chi connectivity index (χ1v) is 3.42. The lowest BCUT2D eigenvalue weighted by atomic mass is 10.1. The lowest BCUT2D eigenvalue weighted by Gasteiger charge is -2.23. The lowest BCUT2D eigenvalue weighted by molar-refractivity contribution is -0.125. The SMILES string of the molecule is C#CC(=O)N1CC[CH]CC1. The van der Waals surface area contributed by atoms with Crippen LogP contribution in [0.5, 0.6) is 0 Å². The second kappa shape index (κ2) is 3.26. The number of rotatable bonds is 0. The molecule has 1 heterocycles. The minimum absolute atomic E-state index is 0.173. The molecule has 1 aliphatic heterocycles. The van der Waals surface area contributed by atoms with Crippen LogP contribution >= 0.6 is 0 Å². The molecule has 1 saturated heterocycles. The Bertz CT molecular complexity index is 163. The van der Waals surface area contributed by atoms with Crippen molar-refractivity contribution in [2.75, 3.05) is 13.1 Å². The van der Waals surface area contributed by atoms with E-state index in [-0.39, 0.29) is 5.91 Å². The summed E-state index contributed by atoms with van der Waals surface area (Å²) < 4.78 is 0. The Balaban J connectivity index is 2.40. The minimum atomic E-state index is -0.173. The Labute approximate surface area is 61.2 Å². The quantitative estimate of drug-likeness (QED) is 0.443. The number of piperidine rings is 1. The molecule has 10 heavy (non-hydrogen) atoms. The molecule has 1 fully saturated rings. The predicted octanol–water partition coefficient (Wildman–Crippen LogP) is 0.446. The highest BCUT2D eigenvalue weighted by molar-refractivity contribution is 5.92. The van der Waals surface area contributed by atoms with Gasteiger partial charge in [-0.1, -0.05) is 0 Å². The van der Waals surface area contributed by atoms with Crippen LogP contribution in [0.1, 0.15) is 12.8 Å². The number of nitrogens with zero attached hydrogens (tertiary/aromatic N) is 1. The molecule has 0 aromatic heterocycles. The molecule has 0 atom stereocenters. The molecule has 1 radical (unpaired) electrons. The van der Waals surface area contributed by atoms with Gasteiger partial charge in [-0.05, 0) is 25.2 Å². The van der Waals surface area contributed by atoms with E-state index in [0.717, 1.165) is 25.9 Å². The maximum absolute atomic E-state index is 10.8. The molecular formula is C8H10NO. The highest BCUT2D eigenvalue weighted by atomic mass is 16.2. The maximum atomic E-state index is 10.8. The molecule has 1 rings (SSSR count). The van der Waals surface area contributed by atoms with Gasteiger partial charge in [0.25, 0.3) is 5.91 Å². The van der Waals surface area contributed by atoms with Crippen LogP contribution in [0.15, 0.2) is 0 Å². The summed E-state index contributed by atoms with van der Waals surface area (Å²) in [5.74, 6) is 1.93. The van der Waals surface area contributed by atoms with Gasteiger partial charge in [0.15, 0.2) is 0 Å². The molecule has 1 amide bonds. The molecule has 0 spiro atoms. The number of hydrogen-bond donors (Lipinski definition) is 0. The van der Waals surface area contributed by atoms with Gasteiger partial charge in [0, 0.05) is 13.1 Å². The van der Waals surface area contributed by atoms with Gasteiger partial charge in [0.1, 0.15) is 0 Å². The Kier molecular flexibility index (Phi) is 2.33. The molecule has 0 aromatic rings. The second-order valence-corrected chi connectivity index (χ2v) is 2.30. The molecule has 0 bridgehead atoms. The van der Waals surface area contributed by atoms with Crippen molar-refractivity contribution in [1.29, 1.82) is 0 Å². The normalized spacial score (nSPS) is 18.1. The van der Waals surface area contributed by atoms with Crippen molar-refractivity contribution < 1.29 is 4.79 Å². The number of carbonyl (C=O) groups is 1. The van der Waals surface area contributed by atoms with Crippen LogP contribution in [0.25, 0.3) is 0 Å². The predicted molar refractivity (Wildman–Crippen MR) is 38.9 cm³/mol. The number of likely N-dealkylation sites (tertiary alicyclic amines) is 1. The fourth-order valence-corrected chi connectivity index (χ4v) is 1.04. The molecule has 1 aliphatic rings. The van der Waals surface area contributed by atoms with Gasteiger partial charge in [-0.3, -0.25) is 4.79 Å². The zero-order valence-electron chi connectivity index (χ0n) is 5.84. The Morgan fingerprint density at radius 2 is 2.10 bits per heavy atom. The van der Waals surface area contributed by atoms with E-state index in [4.69, 9.17) is 6.42 Å². The number of carbonyl (C=O) groups excluding carboxylic acids is 1. The summed E-state index contributed by atoms with van der Waals surface area (Å²) in [5.41, 5.74) is 0. The zero-order valence-corrected chi connectivity index (χ0v) is 5.84. The summed E-state index contributed by atoms with van der Waals surface area (Å²) in [7, 11) is 0. The van der Waals surface area contributed by atoms with Crippen LogP contribution in [0.4, 0.5) is 0 Å². The summed E-state index contributed by atoms with van der Waals surface area (Å²) in [6, 6.07) is 0. The lowest BCUT2D eigenvalue weighted by Crippen LogP contribution is -2.34. The van der Waals surface area contributed by atoms with Gasteiger partial charge in [0.05, 0.1) is 0 Å². The van der Waals surface area contributed by atoms with Crippen molar-refractivity contribution in [3.63, 3.8) is 0 Å². The van der Waals surface area contributed by atoms with E-state index in [9.17, 15) is 4.79 Å².